The number of nitrogens with zero attached hydrogens (tertiary/aromatic N) is 5. The van der Waals surface area contributed by atoms with E-state index in [1.165, 1.54) is 0 Å². The third kappa shape index (κ3) is 3.67. The van der Waals surface area contributed by atoms with Crippen LogP contribution in [-0.4, -0.2) is 39.1 Å². The fourth-order valence-electron chi connectivity index (χ4n) is 2.86. The molecule has 2 N–H and O–H groups in total. The van der Waals surface area contributed by atoms with E-state index in [-0.39, 0.29) is 0 Å². The number of aromatic nitrogens is 5. The summed E-state index contributed by atoms with van der Waals surface area (Å²) in [5.41, 5.74) is 4.57. The quantitative estimate of drug-likeness (QED) is 0.536. The van der Waals surface area contributed by atoms with E-state index in [4.69, 9.17) is 0 Å². The zero-order chi connectivity index (χ0) is 19.9. The number of fused-ring (bicyclic) bond motifs is 1. The highest BCUT2D eigenvalue weighted by Crippen LogP contribution is 2.26. The van der Waals surface area contributed by atoms with Crippen molar-refractivity contribution in [3.8, 4) is 11.1 Å². The molecule has 3 heterocycles. The fraction of sp³-hybridized carbons (Fsp3) is 0.167. The van der Waals surface area contributed by atoms with Crippen molar-refractivity contribution in [1.82, 2.24) is 24.4 Å². The van der Waals surface area contributed by atoms with Gasteiger partial charge in [-0.15, -0.1) is 0 Å². The van der Waals surface area contributed by atoms with Gasteiger partial charge in [-0.05, 0) is 30.7 Å². The van der Waals surface area contributed by atoms with Crippen LogP contribution in [0, 0.1) is 6.92 Å². The van der Waals surface area contributed by atoms with Gasteiger partial charge in [0.05, 0.1) is 24.3 Å². The molecule has 0 aliphatic carbocycles. The van der Waals surface area contributed by atoms with Crippen LogP contribution in [0.1, 0.15) is 5.56 Å². The summed E-state index contributed by atoms with van der Waals surface area (Å²) < 4.78 is 29.0. The Morgan fingerprint density at radius 1 is 1.11 bits per heavy atom. The molecule has 0 amide bonds. The summed E-state index contributed by atoms with van der Waals surface area (Å²) in [6, 6.07) is 7.25. The molecule has 0 aliphatic rings. The molecule has 10 heteroatoms. The summed E-state index contributed by atoms with van der Waals surface area (Å²) in [4.78, 5) is 4.66. The van der Waals surface area contributed by atoms with Crippen LogP contribution >= 0.6 is 0 Å². The minimum absolute atomic E-state index is 0.522. The lowest BCUT2D eigenvalue weighted by Crippen LogP contribution is -2.10. The van der Waals surface area contributed by atoms with Crippen LogP contribution in [0.25, 0.3) is 16.8 Å². The molecule has 1 aromatic carbocycles. The Morgan fingerprint density at radius 3 is 2.64 bits per heavy atom. The Bertz CT molecular complexity index is 1270. The van der Waals surface area contributed by atoms with Crippen LogP contribution < -0.4 is 10.0 Å². The number of nitrogens with one attached hydrogen (secondary N) is 2. The third-order valence-corrected chi connectivity index (χ3v) is 4.78. The molecule has 0 fully saturated rings. The van der Waals surface area contributed by atoms with Crippen LogP contribution in [0.4, 0.5) is 17.2 Å². The lowest BCUT2D eigenvalue weighted by atomic mass is 10.2. The van der Waals surface area contributed by atoms with Gasteiger partial charge in [-0.3, -0.25) is 9.40 Å². The molecular weight excluding hydrogens is 378 g/mol. The lowest BCUT2D eigenvalue weighted by Gasteiger charge is -2.11. The number of aryl methyl sites for hydroxylation is 2. The van der Waals surface area contributed by atoms with Crippen LogP contribution in [-0.2, 0) is 17.1 Å². The molecule has 0 saturated heterocycles. The number of sulfonamides is 1. The number of anilines is 3. The summed E-state index contributed by atoms with van der Waals surface area (Å²) in [7, 11) is -1.50. The predicted molar refractivity (Wildman–Crippen MR) is 108 cm³/mol. The first-order valence-corrected chi connectivity index (χ1v) is 10.4. The average molecular weight is 397 g/mol. The van der Waals surface area contributed by atoms with E-state index in [0.29, 0.717) is 17.2 Å². The van der Waals surface area contributed by atoms with Gasteiger partial charge in [0, 0.05) is 36.3 Å². The van der Waals surface area contributed by atoms with Gasteiger partial charge in [0.15, 0.2) is 5.65 Å². The summed E-state index contributed by atoms with van der Waals surface area (Å²) in [6.45, 7) is 1.84. The summed E-state index contributed by atoms with van der Waals surface area (Å²) >= 11 is 0. The minimum atomic E-state index is -3.36. The van der Waals surface area contributed by atoms with Gasteiger partial charge >= 0.3 is 0 Å². The molecule has 0 unspecified atom stereocenters. The van der Waals surface area contributed by atoms with E-state index in [9.17, 15) is 8.42 Å². The van der Waals surface area contributed by atoms with Gasteiger partial charge in [0.25, 0.3) is 0 Å². The molecule has 3 aromatic heterocycles. The van der Waals surface area contributed by atoms with Gasteiger partial charge in [0.2, 0.25) is 10.0 Å². The van der Waals surface area contributed by atoms with E-state index >= 15 is 0 Å². The van der Waals surface area contributed by atoms with Crippen LogP contribution in [0.15, 0.2) is 49.1 Å². The predicted octanol–water partition coefficient (Wildman–Crippen LogP) is 2.55. The van der Waals surface area contributed by atoms with Gasteiger partial charge in [-0.2, -0.15) is 10.2 Å². The zero-order valence-corrected chi connectivity index (χ0v) is 16.4. The van der Waals surface area contributed by atoms with Crippen molar-refractivity contribution in [2.75, 3.05) is 16.3 Å². The normalized spacial score (nSPS) is 11.7. The van der Waals surface area contributed by atoms with E-state index in [0.717, 1.165) is 28.6 Å². The highest BCUT2D eigenvalue weighted by atomic mass is 32.2. The Balaban J connectivity index is 1.68. The summed E-state index contributed by atoms with van der Waals surface area (Å²) in [5, 5.41) is 11.7. The summed E-state index contributed by atoms with van der Waals surface area (Å²) in [6.07, 6.45) is 8.36. The van der Waals surface area contributed by atoms with Gasteiger partial charge in [0.1, 0.15) is 5.82 Å². The van der Waals surface area contributed by atoms with Crippen molar-refractivity contribution >= 4 is 32.9 Å². The first kappa shape index (κ1) is 18.0. The second-order valence-electron chi connectivity index (χ2n) is 6.57. The highest BCUT2D eigenvalue weighted by molar-refractivity contribution is 7.92. The number of benzene rings is 1. The number of hydrogen-bond donors (Lipinski definition) is 2. The number of hydrogen-bond acceptors (Lipinski definition) is 6. The standard InChI is InChI=1S/C18H19N7O2S/c1-12-4-5-14(8-16(12)23-28(3,26)27)21-17-6-7-25-18(22-17)15(10-20-25)13-9-19-24(2)11-13/h4-11,23H,1-3H3,(H,21,22). The fourth-order valence-corrected chi connectivity index (χ4v) is 3.48. The van der Waals surface area contributed by atoms with Gasteiger partial charge in [-0.25, -0.2) is 17.9 Å². The molecule has 0 bridgehead atoms. The van der Waals surface area contributed by atoms with E-state index in [2.05, 4.69) is 25.2 Å². The maximum absolute atomic E-state index is 11.6. The first-order chi connectivity index (χ1) is 13.3. The van der Waals surface area contributed by atoms with Crippen LogP contribution in [0.2, 0.25) is 0 Å². The molecule has 0 aliphatic heterocycles. The molecule has 0 spiro atoms. The molecule has 0 saturated carbocycles. The maximum atomic E-state index is 11.6. The van der Waals surface area contributed by atoms with E-state index < -0.39 is 10.0 Å². The van der Waals surface area contributed by atoms with Crippen LogP contribution in [0.5, 0.6) is 0 Å². The van der Waals surface area contributed by atoms with Gasteiger partial charge < -0.3 is 5.32 Å². The maximum Gasteiger partial charge on any atom is 0.229 e. The Hall–Kier alpha value is -3.40. The zero-order valence-electron chi connectivity index (χ0n) is 15.6. The summed E-state index contributed by atoms with van der Waals surface area (Å²) in [5.74, 6) is 0.618. The third-order valence-electron chi connectivity index (χ3n) is 4.19. The van der Waals surface area contributed by atoms with Crippen molar-refractivity contribution in [3.05, 3.63) is 54.6 Å². The second-order valence-corrected chi connectivity index (χ2v) is 8.32. The van der Waals surface area contributed by atoms with Crippen molar-refractivity contribution in [2.45, 2.75) is 6.92 Å². The largest absolute Gasteiger partial charge is 0.340 e. The average Bonchev–Trinajstić information content (AvgIpc) is 3.22. The van der Waals surface area contributed by atoms with Crippen molar-refractivity contribution in [1.29, 1.82) is 0 Å². The molecule has 144 valence electrons. The molecule has 9 nitrogen and oxygen atoms in total. The minimum Gasteiger partial charge on any atom is -0.340 e. The van der Waals surface area contributed by atoms with E-state index in [1.807, 2.05) is 38.5 Å². The first-order valence-electron chi connectivity index (χ1n) is 8.47. The van der Waals surface area contributed by atoms with Crippen molar-refractivity contribution < 1.29 is 8.42 Å². The smallest absolute Gasteiger partial charge is 0.229 e. The van der Waals surface area contributed by atoms with Crippen molar-refractivity contribution in [2.24, 2.45) is 7.05 Å². The van der Waals surface area contributed by atoms with Crippen molar-refractivity contribution in [3.63, 3.8) is 0 Å². The highest BCUT2D eigenvalue weighted by Gasteiger charge is 2.11. The monoisotopic (exact) mass is 397 g/mol. The molecule has 28 heavy (non-hydrogen) atoms. The van der Waals surface area contributed by atoms with Gasteiger partial charge in [-0.1, -0.05) is 6.07 Å². The molecule has 4 aromatic rings. The van der Waals surface area contributed by atoms with Crippen LogP contribution in [0.3, 0.4) is 0 Å². The Morgan fingerprint density at radius 2 is 1.93 bits per heavy atom. The number of rotatable bonds is 5. The molecule has 0 atom stereocenters. The lowest BCUT2D eigenvalue weighted by molar-refractivity contribution is 0.607. The topological polar surface area (TPSA) is 106 Å². The van der Waals surface area contributed by atoms with E-state index in [1.54, 1.807) is 33.7 Å². The molecule has 4 rings (SSSR count). The Labute approximate surface area is 162 Å². The Kier molecular flexibility index (Phi) is 4.27. The second kappa shape index (κ2) is 6.64. The molecule has 0 radical (unpaired) electrons. The SMILES string of the molecule is Cc1ccc(Nc2ccn3ncc(-c4cnn(C)c4)c3n2)cc1NS(C)(=O)=O. The molecular formula is C18H19N7O2S.